The molecular formula is C43H38ClFN4O7S. The van der Waals surface area contributed by atoms with E-state index in [-0.39, 0.29) is 12.4 Å². The minimum Gasteiger partial charge on any atom is -0.487 e. The first-order valence-electron chi connectivity index (χ1n) is 17.4. The first-order chi connectivity index (χ1) is 27.5. The third-order valence-electron chi connectivity index (χ3n) is 7.97. The minimum atomic E-state index is -0.879. The second kappa shape index (κ2) is 21.0. The van der Waals surface area contributed by atoms with Crippen molar-refractivity contribution >= 4 is 56.7 Å². The first kappa shape index (κ1) is 41.7. The molecule has 0 fully saturated rings. The molecule has 0 radical (unpaired) electrons. The monoisotopic (exact) mass is 808 g/mol. The zero-order valence-electron chi connectivity index (χ0n) is 30.6. The summed E-state index contributed by atoms with van der Waals surface area (Å²) < 4.78 is 36.5. The fourth-order valence-electron chi connectivity index (χ4n) is 5.15. The number of aromatic carboxylic acids is 2. The summed E-state index contributed by atoms with van der Waals surface area (Å²) in [6, 6.07) is 37.9. The van der Waals surface area contributed by atoms with E-state index in [2.05, 4.69) is 20.6 Å². The Balaban J connectivity index is 0.000000281. The van der Waals surface area contributed by atoms with Gasteiger partial charge in [0.1, 0.15) is 41.8 Å². The fraction of sp³-hybridized carbons (Fsp3) is 0.116. The van der Waals surface area contributed by atoms with E-state index in [0.29, 0.717) is 52.1 Å². The number of carbonyl (C=O) groups is 2. The van der Waals surface area contributed by atoms with Gasteiger partial charge < -0.3 is 30.0 Å². The van der Waals surface area contributed by atoms with Crippen molar-refractivity contribution in [3.05, 3.63) is 173 Å². The summed E-state index contributed by atoms with van der Waals surface area (Å²) >= 11 is 6.48. The first-order valence-corrected chi connectivity index (χ1v) is 19.5. The molecule has 4 N–H and O–H groups in total. The number of anilines is 2. The number of aromatic nitrogens is 2. The van der Waals surface area contributed by atoms with Crippen molar-refractivity contribution in [2.24, 2.45) is 0 Å². The highest BCUT2D eigenvalue weighted by Crippen LogP contribution is 2.33. The molecule has 1 unspecified atom stereocenters. The van der Waals surface area contributed by atoms with Crippen molar-refractivity contribution in [3.63, 3.8) is 0 Å². The molecular weight excluding hydrogens is 771 g/mol. The molecule has 0 amide bonds. The van der Waals surface area contributed by atoms with E-state index < -0.39 is 22.7 Å². The van der Waals surface area contributed by atoms with Crippen LogP contribution in [0, 0.1) is 5.82 Å². The van der Waals surface area contributed by atoms with Crippen molar-refractivity contribution in [1.82, 2.24) is 15.3 Å². The Hall–Kier alpha value is -6.41. The molecule has 2 heterocycles. The fourth-order valence-corrected chi connectivity index (χ4v) is 5.81. The molecule has 0 saturated carbocycles. The van der Waals surface area contributed by atoms with Gasteiger partial charge in [0, 0.05) is 46.0 Å². The van der Waals surface area contributed by atoms with Gasteiger partial charge >= 0.3 is 11.9 Å². The predicted molar refractivity (Wildman–Crippen MR) is 220 cm³/mol. The van der Waals surface area contributed by atoms with Gasteiger partial charge in [0.05, 0.1) is 28.2 Å². The van der Waals surface area contributed by atoms with Gasteiger partial charge in [0.15, 0.2) is 0 Å². The van der Waals surface area contributed by atoms with Gasteiger partial charge in [-0.05, 0) is 90.5 Å². The summed E-state index contributed by atoms with van der Waals surface area (Å²) in [4.78, 5) is 29.2. The van der Waals surface area contributed by atoms with Crippen LogP contribution < -0.4 is 15.4 Å². The average molecular weight is 809 g/mol. The van der Waals surface area contributed by atoms with Crippen LogP contribution in [0.3, 0.4) is 0 Å². The summed E-state index contributed by atoms with van der Waals surface area (Å²) in [5.41, 5.74) is 3.77. The van der Waals surface area contributed by atoms with Crippen molar-refractivity contribution in [2.75, 3.05) is 23.9 Å². The van der Waals surface area contributed by atoms with Crippen LogP contribution in [-0.2, 0) is 24.0 Å². The Kier molecular flexibility index (Phi) is 15.4. The normalized spacial score (nSPS) is 11.0. The summed E-state index contributed by atoms with van der Waals surface area (Å²) in [6.45, 7) is 1.42. The number of hydrogen-bond acceptors (Lipinski definition) is 9. The molecule has 7 aromatic rings. The number of hydrogen-bond donors (Lipinski definition) is 4. The lowest BCUT2D eigenvalue weighted by Crippen LogP contribution is -2.19. The summed E-state index contributed by atoms with van der Waals surface area (Å²) in [6.07, 6.45) is 3.19. The number of nitrogens with zero attached hydrogens (tertiary/aromatic N) is 2. The molecule has 11 nitrogen and oxygen atoms in total. The number of carboxylic acid groups (broad SMARTS) is 2. The highest BCUT2D eigenvalue weighted by molar-refractivity contribution is 7.84. The second-order valence-electron chi connectivity index (χ2n) is 12.2. The number of rotatable bonds is 13. The largest absolute Gasteiger partial charge is 0.487 e. The molecule has 0 aliphatic carbocycles. The van der Waals surface area contributed by atoms with E-state index in [1.165, 1.54) is 18.5 Å². The van der Waals surface area contributed by atoms with Gasteiger partial charge in [-0.15, -0.1) is 0 Å². The number of ether oxygens (including phenoxy) is 1. The minimum absolute atomic E-state index is 0.202. The van der Waals surface area contributed by atoms with E-state index in [9.17, 15) is 18.2 Å². The van der Waals surface area contributed by atoms with Gasteiger partial charge in [0.25, 0.3) is 0 Å². The van der Waals surface area contributed by atoms with Crippen LogP contribution in [0.2, 0.25) is 5.02 Å². The molecule has 1 atom stereocenters. The maximum absolute atomic E-state index is 13.4. The van der Waals surface area contributed by atoms with Crippen LogP contribution in [0.15, 0.2) is 144 Å². The summed E-state index contributed by atoms with van der Waals surface area (Å²) in [5, 5.41) is 24.6. The van der Waals surface area contributed by atoms with Crippen LogP contribution in [0.4, 0.5) is 15.9 Å². The summed E-state index contributed by atoms with van der Waals surface area (Å²) in [5.74, 6) is 1.16. The molecule has 0 bridgehead atoms. The standard InChI is InChI=1S/C29H26ClFN4O3S.2C7H6O2/c1-39(36)12-11-32-16-23-7-10-27(38-23)20-5-8-26-24(14-20)29(34-18-33-26)35-22-6-9-28(25(30)15-22)37-17-19-3-2-4-21(31)13-19;2*8-7(9)6-4-2-1-3-5-6/h2-10,13-15,18,32H,11-12,16-17H2,1H3,(H,33,34,35);2*1-5H,(H,8,9). The lowest BCUT2D eigenvalue weighted by atomic mass is 10.1. The second-order valence-corrected chi connectivity index (χ2v) is 14.2. The topological polar surface area (TPSA) is 164 Å². The Bertz CT molecular complexity index is 2380. The van der Waals surface area contributed by atoms with E-state index in [0.717, 1.165) is 33.7 Å². The van der Waals surface area contributed by atoms with Crippen LogP contribution >= 0.6 is 11.6 Å². The maximum atomic E-state index is 13.4. The SMILES string of the molecule is CS(=O)CCNCc1ccc(-c2ccc3ncnc(Nc4ccc(OCc5cccc(F)c5)c(Cl)c4)c3c2)o1.O=C(O)c1ccccc1.O=C(O)c1ccccc1. The van der Waals surface area contributed by atoms with E-state index in [1.807, 2.05) is 36.4 Å². The van der Waals surface area contributed by atoms with E-state index in [1.54, 1.807) is 91.2 Å². The Morgan fingerprint density at radius 1 is 0.825 bits per heavy atom. The molecule has 0 aliphatic heterocycles. The number of benzene rings is 5. The zero-order chi connectivity index (χ0) is 40.6. The number of fused-ring (bicyclic) bond motifs is 1. The highest BCUT2D eigenvalue weighted by atomic mass is 35.5. The zero-order valence-corrected chi connectivity index (χ0v) is 32.2. The van der Waals surface area contributed by atoms with Crippen LogP contribution in [-0.4, -0.2) is 54.9 Å². The highest BCUT2D eigenvalue weighted by Gasteiger charge is 2.11. The lowest BCUT2D eigenvalue weighted by Gasteiger charge is -2.12. The van der Waals surface area contributed by atoms with Gasteiger partial charge in [-0.1, -0.05) is 60.1 Å². The van der Waals surface area contributed by atoms with Crippen LogP contribution in [0.25, 0.3) is 22.2 Å². The Morgan fingerprint density at radius 3 is 2.14 bits per heavy atom. The molecule has 5 aromatic carbocycles. The van der Waals surface area contributed by atoms with Crippen molar-refractivity contribution in [3.8, 4) is 17.1 Å². The van der Waals surface area contributed by atoms with Gasteiger partial charge in [-0.25, -0.2) is 23.9 Å². The molecule has 57 heavy (non-hydrogen) atoms. The quantitative estimate of drug-likeness (QED) is 0.0821. The van der Waals surface area contributed by atoms with Crippen LogP contribution in [0.5, 0.6) is 5.75 Å². The van der Waals surface area contributed by atoms with Gasteiger partial charge in [-0.3, -0.25) is 4.21 Å². The summed E-state index contributed by atoms with van der Waals surface area (Å²) in [7, 11) is -0.826. The molecule has 0 spiro atoms. The number of carboxylic acids is 2. The Labute approximate surface area is 335 Å². The number of halogens is 2. The molecule has 7 rings (SSSR count). The predicted octanol–water partition coefficient (Wildman–Crippen LogP) is 9.24. The van der Waals surface area contributed by atoms with Crippen molar-refractivity contribution in [1.29, 1.82) is 0 Å². The Morgan fingerprint density at radius 2 is 1.53 bits per heavy atom. The van der Waals surface area contributed by atoms with Crippen molar-refractivity contribution < 1.29 is 37.6 Å². The van der Waals surface area contributed by atoms with E-state index in [4.69, 9.17) is 31.0 Å². The lowest BCUT2D eigenvalue weighted by molar-refractivity contribution is 0.0686. The molecule has 14 heteroatoms. The van der Waals surface area contributed by atoms with Crippen molar-refractivity contribution in [2.45, 2.75) is 13.2 Å². The molecule has 2 aromatic heterocycles. The smallest absolute Gasteiger partial charge is 0.335 e. The van der Waals surface area contributed by atoms with Gasteiger partial charge in [0.2, 0.25) is 0 Å². The number of nitrogens with one attached hydrogen (secondary N) is 2. The maximum Gasteiger partial charge on any atom is 0.335 e. The molecule has 0 aliphatic rings. The molecule has 0 saturated heterocycles. The molecule has 292 valence electrons. The van der Waals surface area contributed by atoms with E-state index >= 15 is 0 Å². The third-order valence-corrected chi connectivity index (χ3v) is 9.04. The van der Waals surface area contributed by atoms with Gasteiger partial charge in [-0.2, -0.15) is 0 Å². The average Bonchev–Trinajstić information content (AvgIpc) is 3.69. The number of furan rings is 1. The third kappa shape index (κ3) is 13.1. The van der Waals surface area contributed by atoms with Crippen LogP contribution in [0.1, 0.15) is 32.0 Å².